The van der Waals surface area contributed by atoms with Gasteiger partial charge in [0.25, 0.3) is 0 Å². The molecule has 1 amide bonds. The fourth-order valence-corrected chi connectivity index (χ4v) is 4.99. The number of anilines is 1. The Morgan fingerprint density at radius 1 is 1.11 bits per heavy atom. The van der Waals surface area contributed by atoms with Crippen molar-refractivity contribution >= 4 is 17.6 Å². The number of nitrogens with zero attached hydrogens (tertiary/aromatic N) is 1. The van der Waals surface area contributed by atoms with Crippen LogP contribution in [0.25, 0.3) is 0 Å². The van der Waals surface area contributed by atoms with Gasteiger partial charge in [0.05, 0.1) is 5.92 Å². The summed E-state index contributed by atoms with van der Waals surface area (Å²) in [5.41, 5.74) is 7.98. The number of carbonyl (C=O) groups is 2. The van der Waals surface area contributed by atoms with Gasteiger partial charge in [-0.2, -0.15) is 0 Å². The maximum absolute atomic E-state index is 12.0. The second-order valence-electron chi connectivity index (χ2n) is 9.16. The van der Waals surface area contributed by atoms with Crippen LogP contribution in [0.4, 0.5) is 5.69 Å². The van der Waals surface area contributed by atoms with E-state index in [9.17, 15) is 14.7 Å². The standard InChI is InChI=1S/C22H32N2O3/c1-22(2,3)17-13-15(20(23)25)10-11-18(17)24-12-6-9-16(21(26)27)19(24)14-7-4-5-8-14/h10-11,13-14,16,19H,4-9,12H2,1-3H3,(H2,23,25)(H,26,27). The summed E-state index contributed by atoms with van der Waals surface area (Å²) in [6.45, 7) is 7.24. The van der Waals surface area contributed by atoms with Gasteiger partial charge in [0.15, 0.2) is 0 Å². The average molecular weight is 373 g/mol. The fourth-order valence-electron chi connectivity index (χ4n) is 4.99. The van der Waals surface area contributed by atoms with Crippen molar-refractivity contribution in [3.8, 4) is 0 Å². The van der Waals surface area contributed by atoms with Crippen molar-refractivity contribution in [3.63, 3.8) is 0 Å². The van der Waals surface area contributed by atoms with E-state index in [0.29, 0.717) is 11.5 Å². The Morgan fingerprint density at radius 2 is 1.78 bits per heavy atom. The Kier molecular flexibility index (Phi) is 5.50. The largest absolute Gasteiger partial charge is 0.481 e. The van der Waals surface area contributed by atoms with Crippen LogP contribution < -0.4 is 10.6 Å². The van der Waals surface area contributed by atoms with Gasteiger partial charge in [0, 0.05) is 23.8 Å². The maximum Gasteiger partial charge on any atom is 0.308 e. The van der Waals surface area contributed by atoms with Crippen molar-refractivity contribution in [2.45, 2.75) is 70.8 Å². The molecule has 1 saturated carbocycles. The average Bonchev–Trinajstić information content (AvgIpc) is 3.14. The maximum atomic E-state index is 12.0. The van der Waals surface area contributed by atoms with Gasteiger partial charge in [-0.15, -0.1) is 0 Å². The molecule has 5 nitrogen and oxygen atoms in total. The molecule has 1 aromatic rings. The van der Waals surface area contributed by atoms with Crippen LogP contribution in [0.3, 0.4) is 0 Å². The Hall–Kier alpha value is -2.04. The fraction of sp³-hybridized carbons (Fsp3) is 0.636. The van der Waals surface area contributed by atoms with E-state index in [0.717, 1.165) is 43.5 Å². The minimum absolute atomic E-state index is 0.0271. The Morgan fingerprint density at radius 3 is 2.33 bits per heavy atom. The number of carbonyl (C=O) groups excluding carboxylic acids is 1. The molecule has 3 N–H and O–H groups in total. The third kappa shape index (κ3) is 3.97. The van der Waals surface area contributed by atoms with Crippen molar-refractivity contribution in [3.05, 3.63) is 29.3 Å². The summed E-state index contributed by atoms with van der Waals surface area (Å²) in [5.74, 6) is -1.01. The lowest BCUT2D eigenvalue weighted by Gasteiger charge is -2.46. The summed E-state index contributed by atoms with van der Waals surface area (Å²) in [5, 5.41) is 9.89. The topological polar surface area (TPSA) is 83.6 Å². The molecule has 2 atom stereocenters. The first-order chi connectivity index (χ1) is 12.7. The number of benzene rings is 1. The monoisotopic (exact) mass is 372 g/mol. The van der Waals surface area contributed by atoms with Crippen LogP contribution in [0.2, 0.25) is 0 Å². The van der Waals surface area contributed by atoms with Crippen molar-refractivity contribution in [2.24, 2.45) is 17.6 Å². The summed E-state index contributed by atoms with van der Waals surface area (Å²) in [6, 6.07) is 5.68. The summed E-state index contributed by atoms with van der Waals surface area (Å²) >= 11 is 0. The summed E-state index contributed by atoms with van der Waals surface area (Å²) in [4.78, 5) is 26.1. The molecule has 1 aliphatic carbocycles. The Labute approximate surface area is 161 Å². The number of rotatable bonds is 4. The Bertz CT molecular complexity index is 717. The number of primary amides is 1. The van der Waals surface area contributed by atoms with Crippen molar-refractivity contribution in [1.29, 1.82) is 0 Å². The minimum atomic E-state index is -0.678. The number of carboxylic acid groups (broad SMARTS) is 1. The van der Waals surface area contributed by atoms with Gasteiger partial charge in [-0.1, -0.05) is 33.6 Å². The molecular formula is C22H32N2O3. The highest BCUT2D eigenvalue weighted by Gasteiger charge is 2.42. The van der Waals surface area contributed by atoms with E-state index >= 15 is 0 Å². The van der Waals surface area contributed by atoms with Gasteiger partial charge >= 0.3 is 5.97 Å². The van der Waals surface area contributed by atoms with Crippen LogP contribution in [0.1, 0.15) is 75.2 Å². The summed E-state index contributed by atoms with van der Waals surface area (Å²) in [6.07, 6.45) is 6.21. The van der Waals surface area contributed by atoms with Crippen LogP contribution in [0.5, 0.6) is 0 Å². The molecule has 0 aromatic heterocycles. The quantitative estimate of drug-likeness (QED) is 0.838. The van der Waals surface area contributed by atoms with Crippen LogP contribution >= 0.6 is 0 Å². The first-order valence-electron chi connectivity index (χ1n) is 10.1. The lowest BCUT2D eigenvalue weighted by molar-refractivity contribution is -0.143. The number of amides is 1. The van der Waals surface area contributed by atoms with E-state index < -0.39 is 11.9 Å². The molecule has 1 aliphatic heterocycles. The molecule has 2 fully saturated rings. The van der Waals surface area contributed by atoms with Crippen LogP contribution in [-0.2, 0) is 10.2 Å². The van der Waals surface area contributed by atoms with E-state index in [2.05, 4.69) is 25.7 Å². The smallest absolute Gasteiger partial charge is 0.308 e. The number of hydrogen-bond acceptors (Lipinski definition) is 3. The molecule has 1 heterocycles. The molecule has 0 spiro atoms. The van der Waals surface area contributed by atoms with Crippen LogP contribution in [0.15, 0.2) is 18.2 Å². The van der Waals surface area contributed by atoms with E-state index in [4.69, 9.17) is 5.73 Å². The molecule has 0 bridgehead atoms. The van der Waals surface area contributed by atoms with E-state index in [-0.39, 0.29) is 17.4 Å². The van der Waals surface area contributed by atoms with Crippen LogP contribution in [0, 0.1) is 11.8 Å². The van der Waals surface area contributed by atoms with Gasteiger partial charge in [-0.05, 0) is 60.8 Å². The predicted octanol–water partition coefficient (Wildman–Crippen LogP) is 3.94. The first kappa shape index (κ1) is 19.7. The summed E-state index contributed by atoms with van der Waals surface area (Å²) < 4.78 is 0. The van der Waals surface area contributed by atoms with Crippen molar-refractivity contribution in [2.75, 3.05) is 11.4 Å². The molecule has 5 heteroatoms. The molecule has 0 radical (unpaired) electrons. The molecule has 2 aliphatic rings. The van der Waals surface area contributed by atoms with Gasteiger partial charge in [0.1, 0.15) is 0 Å². The third-order valence-corrected chi connectivity index (χ3v) is 6.28. The second kappa shape index (κ2) is 7.53. The third-order valence-electron chi connectivity index (χ3n) is 6.28. The zero-order valence-corrected chi connectivity index (χ0v) is 16.7. The zero-order valence-electron chi connectivity index (χ0n) is 16.7. The molecule has 2 unspecified atom stereocenters. The molecule has 1 aromatic carbocycles. The van der Waals surface area contributed by atoms with E-state index in [1.54, 1.807) is 6.07 Å². The summed E-state index contributed by atoms with van der Waals surface area (Å²) in [7, 11) is 0. The number of piperidine rings is 1. The molecule has 148 valence electrons. The zero-order chi connectivity index (χ0) is 19.8. The number of aliphatic carboxylic acids is 1. The highest BCUT2D eigenvalue weighted by Crippen LogP contribution is 2.43. The number of carboxylic acids is 1. The van der Waals surface area contributed by atoms with Gasteiger partial charge in [-0.25, -0.2) is 0 Å². The van der Waals surface area contributed by atoms with Gasteiger partial charge < -0.3 is 15.7 Å². The van der Waals surface area contributed by atoms with Crippen LogP contribution in [-0.4, -0.2) is 29.6 Å². The molecule has 27 heavy (non-hydrogen) atoms. The number of hydrogen-bond donors (Lipinski definition) is 2. The van der Waals surface area contributed by atoms with E-state index in [1.807, 2.05) is 12.1 Å². The highest BCUT2D eigenvalue weighted by molar-refractivity contribution is 5.93. The SMILES string of the molecule is CC(C)(C)c1cc(C(N)=O)ccc1N1CCCC(C(=O)O)C1C1CCCC1. The van der Waals surface area contributed by atoms with Crippen molar-refractivity contribution < 1.29 is 14.7 Å². The number of nitrogens with two attached hydrogens (primary N) is 1. The Balaban J connectivity index is 2.08. The molecule has 1 saturated heterocycles. The minimum Gasteiger partial charge on any atom is -0.481 e. The highest BCUT2D eigenvalue weighted by atomic mass is 16.4. The lowest BCUT2D eigenvalue weighted by atomic mass is 9.78. The second-order valence-corrected chi connectivity index (χ2v) is 9.16. The van der Waals surface area contributed by atoms with E-state index in [1.165, 1.54) is 12.8 Å². The van der Waals surface area contributed by atoms with Gasteiger partial charge in [0.2, 0.25) is 5.91 Å². The lowest BCUT2D eigenvalue weighted by Crippen LogP contribution is -2.52. The van der Waals surface area contributed by atoms with Crippen molar-refractivity contribution in [1.82, 2.24) is 0 Å². The van der Waals surface area contributed by atoms with Gasteiger partial charge in [-0.3, -0.25) is 9.59 Å². The first-order valence-corrected chi connectivity index (χ1v) is 10.1. The molecular weight excluding hydrogens is 340 g/mol. The predicted molar refractivity (Wildman–Crippen MR) is 107 cm³/mol. The molecule has 3 rings (SSSR count). The normalized spacial score (nSPS) is 24.2.